The van der Waals surface area contributed by atoms with E-state index < -0.39 is 0 Å². The number of esters is 1. The van der Waals surface area contributed by atoms with E-state index in [9.17, 15) is 4.79 Å². The Bertz CT molecular complexity index is 353. The maximum atomic E-state index is 11.2. The van der Waals surface area contributed by atoms with E-state index in [1.165, 1.54) is 0 Å². The summed E-state index contributed by atoms with van der Waals surface area (Å²) in [5.74, 6) is -0.171. The van der Waals surface area contributed by atoms with Gasteiger partial charge >= 0.3 is 5.97 Å². The quantitative estimate of drug-likeness (QED) is 0.705. The predicted molar refractivity (Wildman–Crippen MR) is 61.5 cm³/mol. The molecule has 1 aromatic rings. The van der Waals surface area contributed by atoms with Gasteiger partial charge in [0.2, 0.25) is 0 Å². The van der Waals surface area contributed by atoms with Crippen molar-refractivity contribution >= 4 is 12.0 Å². The largest absolute Gasteiger partial charge is 0.466 e. The Morgan fingerprint density at radius 3 is 2.93 bits per heavy atom. The van der Waals surface area contributed by atoms with Crippen molar-refractivity contribution in [1.29, 1.82) is 0 Å². The minimum Gasteiger partial charge on any atom is -0.466 e. The van der Waals surface area contributed by atoms with Gasteiger partial charge in [-0.1, -0.05) is 36.4 Å². The fourth-order valence-corrected chi connectivity index (χ4v) is 1.38. The van der Waals surface area contributed by atoms with Gasteiger partial charge in [0.05, 0.1) is 13.0 Å². The second-order valence-electron chi connectivity index (χ2n) is 3.23. The van der Waals surface area contributed by atoms with E-state index in [1.807, 2.05) is 50.3 Å². The second-order valence-corrected chi connectivity index (χ2v) is 3.23. The van der Waals surface area contributed by atoms with Crippen LogP contribution in [0.15, 0.2) is 30.3 Å². The van der Waals surface area contributed by atoms with Crippen LogP contribution in [0.25, 0.3) is 6.08 Å². The highest BCUT2D eigenvalue weighted by Gasteiger charge is 2.03. The number of hydrogen-bond acceptors (Lipinski definition) is 2. The first-order chi connectivity index (χ1) is 7.26. The summed E-state index contributed by atoms with van der Waals surface area (Å²) >= 11 is 0. The highest BCUT2D eigenvalue weighted by molar-refractivity contribution is 5.72. The maximum Gasteiger partial charge on any atom is 0.310 e. The molecule has 2 heteroatoms. The first kappa shape index (κ1) is 11.5. The average molecular weight is 204 g/mol. The van der Waals surface area contributed by atoms with Gasteiger partial charge < -0.3 is 4.74 Å². The minimum atomic E-state index is -0.171. The van der Waals surface area contributed by atoms with Crippen molar-refractivity contribution in [3.8, 4) is 0 Å². The molecule has 0 radical (unpaired) electrons. The van der Waals surface area contributed by atoms with E-state index in [-0.39, 0.29) is 5.97 Å². The van der Waals surface area contributed by atoms with Crippen molar-refractivity contribution in [1.82, 2.24) is 0 Å². The maximum absolute atomic E-state index is 11.2. The van der Waals surface area contributed by atoms with Crippen LogP contribution in [0.1, 0.15) is 25.0 Å². The molecule has 0 atom stereocenters. The van der Waals surface area contributed by atoms with Crippen molar-refractivity contribution in [2.24, 2.45) is 0 Å². The third kappa shape index (κ3) is 3.98. The van der Waals surface area contributed by atoms with Gasteiger partial charge in [-0.25, -0.2) is 0 Å². The molecule has 0 aliphatic rings. The Balaban J connectivity index is 2.69. The Kier molecular flexibility index (Phi) is 4.61. The average Bonchev–Trinajstić information content (AvgIpc) is 2.19. The van der Waals surface area contributed by atoms with Crippen molar-refractivity contribution in [3.05, 3.63) is 41.5 Å². The first-order valence-electron chi connectivity index (χ1n) is 5.13. The lowest BCUT2D eigenvalue weighted by Gasteiger charge is -2.02. The Hall–Kier alpha value is -1.57. The molecule has 1 rings (SSSR count). The summed E-state index contributed by atoms with van der Waals surface area (Å²) in [5, 5.41) is 0. The minimum absolute atomic E-state index is 0.171. The number of allylic oxidation sites excluding steroid dienone is 1. The first-order valence-corrected chi connectivity index (χ1v) is 5.13. The number of ether oxygens (including phenoxy) is 1. The summed E-state index contributed by atoms with van der Waals surface area (Å²) in [6.45, 7) is 4.22. The SMILES string of the molecule is CC=Cc1cccc(CC(=O)OCC)c1. The van der Waals surface area contributed by atoms with Crippen LogP contribution in [0.5, 0.6) is 0 Å². The topological polar surface area (TPSA) is 26.3 Å². The predicted octanol–water partition coefficient (Wildman–Crippen LogP) is 2.83. The zero-order valence-corrected chi connectivity index (χ0v) is 9.19. The highest BCUT2D eigenvalue weighted by atomic mass is 16.5. The number of rotatable bonds is 4. The van der Waals surface area contributed by atoms with Crippen LogP contribution in [0.4, 0.5) is 0 Å². The summed E-state index contributed by atoms with van der Waals surface area (Å²) in [4.78, 5) is 11.2. The fourth-order valence-electron chi connectivity index (χ4n) is 1.38. The number of carbonyl (C=O) groups is 1. The lowest BCUT2D eigenvalue weighted by atomic mass is 10.1. The molecular formula is C13H16O2. The molecule has 0 fully saturated rings. The highest BCUT2D eigenvalue weighted by Crippen LogP contribution is 2.08. The number of carbonyl (C=O) groups excluding carboxylic acids is 1. The Labute approximate surface area is 90.6 Å². The van der Waals surface area contributed by atoms with Crippen LogP contribution in [0, 0.1) is 0 Å². The lowest BCUT2D eigenvalue weighted by molar-refractivity contribution is -0.142. The second kappa shape index (κ2) is 6.02. The van der Waals surface area contributed by atoms with E-state index in [2.05, 4.69) is 0 Å². The molecule has 0 aromatic heterocycles. The standard InChI is InChI=1S/C13H16O2/c1-3-6-11-7-5-8-12(9-11)10-13(14)15-4-2/h3,5-9H,4,10H2,1-2H3. The normalized spacial score (nSPS) is 10.5. The van der Waals surface area contributed by atoms with Crippen molar-refractivity contribution in [3.63, 3.8) is 0 Å². The van der Waals surface area contributed by atoms with E-state index >= 15 is 0 Å². The molecule has 1 aromatic carbocycles. The molecule has 80 valence electrons. The van der Waals surface area contributed by atoms with E-state index in [0.717, 1.165) is 11.1 Å². The van der Waals surface area contributed by atoms with Gasteiger partial charge in [-0.05, 0) is 25.0 Å². The molecule has 0 unspecified atom stereocenters. The van der Waals surface area contributed by atoms with Gasteiger partial charge in [-0.3, -0.25) is 4.79 Å². The van der Waals surface area contributed by atoms with Crippen molar-refractivity contribution in [2.75, 3.05) is 6.61 Å². The van der Waals surface area contributed by atoms with Gasteiger partial charge in [0.15, 0.2) is 0 Å². The van der Waals surface area contributed by atoms with Gasteiger partial charge in [-0.2, -0.15) is 0 Å². The van der Waals surface area contributed by atoms with Crippen molar-refractivity contribution in [2.45, 2.75) is 20.3 Å². The van der Waals surface area contributed by atoms with Gasteiger partial charge in [0.1, 0.15) is 0 Å². The van der Waals surface area contributed by atoms with Crippen LogP contribution < -0.4 is 0 Å². The molecule has 0 amide bonds. The summed E-state index contributed by atoms with van der Waals surface area (Å²) in [7, 11) is 0. The molecule has 0 saturated heterocycles. The molecule has 0 saturated carbocycles. The molecule has 0 N–H and O–H groups in total. The third-order valence-corrected chi connectivity index (χ3v) is 1.96. The van der Waals surface area contributed by atoms with Gasteiger partial charge in [-0.15, -0.1) is 0 Å². The van der Waals surface area contributed by atoms with Crippen LogP contribution in [-0.2, 0) is 16.0 Å². The lowest BCUT2D eigenvalue weighted by Crippen LogP contribution is -2.07. The molecular weight excluding hydrogens is 188 g/mol. The molecule has 0 aliphatic heterocycles. The molecule has 15 heavy (non-hydrogen) atoms. The monoisotopic (exact) mass is 204 g/mol. The summed E-state index contributed by atoms with van der Waals surface area (Å²) in [6, 6.07) is 7.89. The van der Waals surface area contributed by atoms with E-state index in [0.29, 0.717) is 13.0 Å². The molecule has 0 heterocycles. The fraction of sp³-hybridized carbons (Fsp3) is 0.308. The van der Waals surface area contributed by atoms with E-state index in [4.69, 9.17) is 4.74 Å². The summed E-state index contributed by atoms with van der Waals surface area (Å²) < 4.78 is 4.89. The smallest absolute Gasteiger partial charge is 0.310 e. The summed E-state index contributed by atoms with van der Waals surface area (Å²) in [5.41, 5.74) is 2.10. The molecule has 0 spiro atoms. The molecule has 0 bridgehead atoms. The summed E-state index contributed by atoms with van der Waals surface area (Å²) in [6.07, 6.45) is 4.33. The molecule has 2 nitrogen and oxygen atoms in total. The Morgan fingerprint density at radius 1 is 1.47 bits per heavy atom. The molecule has 0 aliphatic carbocycles. The van der Waals surface area contributed by atoms with Crippen LogP contribution in [0.2, 0.25) is 0 Å². The zero-order valence-electron chi connectivity index (χ0n) is 9.19. The van der Waals surface area contributed by atoms with Crippen LogP contribution >= 0.6 is 0 Å². The van der Waals surface area contributed by atoms with Crippen molar-refractivity contribution < 1.29 is 9.53 Å². The number of benzene rings is 1. The van der Waals surface area contributed by atoms with Gasteiger partial charge in [0, 0.05) is 0 Å². The van der Waals surface area contributed by atoms with Gasteiger partial charge in [0.25, 0.3) is 0 Å². The number of hydrogen-bond donors (Lipinski definition) is 0. The third-order valence-electron chi connectivity index (χ3n) is 1.96. The zero-order chi connectivity index (χ0) is 11.1. The van der Waals surface area contributed by atoms with Crippen LogP contribution in [0.3, 0.4) is 0 Å². The van der Waals surface area contributed by atoms with Crippen LogP contribution in [-0.4, -0.2) is 12.6 Å². The van der Waals surface area contributed by atoms with E-state index in [1.54, 1.807) is 0 Å². The Morgan fingerprint density at radius 2 is 2.27 bits per heavy atom.